The lowest BCUT2D eigenvalue weighted by atomic mass is 10.1. The van der Waals surface area contributed by atoms with Crippen LogP contribution in [0.25, 0.3) is 0 Å². The number of nitrogens with one attached hydrogen (secondary N) is 2. The maximum absolute atomic E-state index is 11.9. The fourth-order valence-electron chi connectivity index (χ4n) is 1.23. The number of alkyl halides is 3. The minimum atomic E-state index is -4.05. The normalized spacial score (nSPS) is 14.0. The van der Waals surface area contributed by atoms with Gasteiger partial charge in [-0.15, -0.1) is 24.0 Å². The van der Waals surface area contributed by atoms with Crippen LogP contribution in [0.4, 0.5) is 13.2 Å². The van der Waals surface area contributed by atoms with Gasteiger partial charge < -0.3 is 10.6 Å². The van der Waals surface area contributed by atoms with Crippen molar-refractivity contribution >= 4 is 29.9 Å². The van der Waals surface area contributed by atoms with Gasteiger partial charge in [0.1, 0.15) is 0 Å². The second kappa shape index (κ2) is 10.6. The molecule has 3 nitrogen and oxygen atoms in total. The average molecular weight is 395 g/mol. The van der Waals surface area contributed by atoms with Crippen LogP contribution in [0, 0.1) is 5.92 Å². The summed E-state index contributed by atoms with van der Waals surface area (Å²) in [5.41, 5.74) is 0. The molecule has 0 amide bonds. The van der Waals surface area contributed by atoms with Gasteiger partial charge in [-0.1, -0.05) is 13.8 Å². The molecular weight excluding hydrogens is 370 g/mol. The minimum absolute atomic E-state index is 0. The van der Waals surface area contributed by atoms with E-state index in [1.165, 1.54) is 0 Å². The number of hydrogen-bond acceptors (Lipinski definition) is 1. The van der Waals surface area contributed by atoms with Gasteiger partial charge in [-0.05, 0) is 25.7 Å². The fraction of sp³-hybridized carbons (Fsp3) is 0.917. The van der Waals surface area contributed by atoms with Crippen molar-refractivity contribution in [2.45, 2.75) is 52.3 Å². The first-order chi connectivity index (χ1) is 8.26. The monoisotopic (exact) mass is 395 g/mol. The zero-order chi connectivity index (χ0) is 14.2. The Labute approximate surface area is 130 Å². The number of nitrogens with zero attached hydrogens (tertiary/aromatic N) is 1. The summed E-state index contributed by atoms with van der Waals surface area (Å²) in [6, 6.07) is 0.270. The maximum Gasteiger partial charge on any atom is 0.389 e. The molecule has 0 heterocycles. The van der Waals surface area contributed by atoms with Gasteiger partial charge in [0, 0.05) is 26.1 Å². The summed E-state index contributed by atoms with van der Waals surface area (Å²) >= 11 is 0. The van der Waals surface area contributed by atoms with Crippen LogP contribution in [0.5, 0.6) is 0 Å². The van der Waals surface area contributed by atoms with E-state index in [1.807, 2.05) is 6.92 Å². The Morgan fingerprint density at radius 1 is 1.16 bits per heavy atom. The molecule has 0 aliphatic rings. The summed E-state index contributed by atoms with van der Waals surface area (Å²) in [6.45, 7) is 6.73. The lowest BCUT2D eigenvalue weighted by Crippen LogP contribution is -2.44. The van der Waals surface area contributed by atoms with Crippen LogP contribution in [-0.2, 0) is 0 Å². The van der Waals surface area contributed by atoms with Crippen LogP contribution < -0.4 is 10.6 Å². The second-order valence-corrected chi connectivity index (χ2v) is 4.75. The van der Waals surface area contributed by atoms with E-state index in [9.17, 15) is 13.2 Å². The number of hydrogen-bond donors (Lipinski definition) is 2. The number of halogens is 4. The summed E-state index contributed by atoms with van der Waals surface area (Å²) in [7, 11) is 1.65. The topological polar surface area (TPSA) is 36.4 Å². The van der Waals surface area contributed by atoms with Gasteiger partial charge in [-0.2, -0.15) is 13.2 Å². The molecule has 0 aliphatic carbocycles. The number of unbranched alkanes of at least 4 members (excludes halogenated alkanes) is 1. The molecule has 0 rings (SSSR count). The van der Waals surface area contributed by atoms with Crippen LogP contribution in [0.2, 0.25) is 0 Å². The van der Waals surface area contributed by atoms with Crippen molar-refractivity contribution in [1.29, 1.82) is 0 Å². The minimum Gasteiger partial charge on any atom is -0.356 e. The predicted molar refractivity (Wildman–Crippen MR) is 84.1 cm³/mol. The molecule has 1 atom stereocenters. The Bertz CT molecular complexity index is 255. The largest absolute Gasteiger partial charge is 0.389 e. The summed E-state index contributed by atoms with van der Waals surface area (Å²) < 4.78 is 35.7. The molecule has 0 aromatic rings. The molecule has 0 bridgehead atoms. The average Bonchev–Trinajstić information content (AvgIpc) is 2.25. The third kappa shape index (κ3) is 12.6. The van der Waals surface area contributed by atoms with E-state index < -0.39 is 12.6 Å². The molecule has 1 unspecified atom stereocenters. The molecule has 0 aromatic heterocycles. The lowest BCUT2D eigenvalue weighted by Gasteiger charge is -2.20. The highest BCUT2D eigenvalue weighted by molar-refractivity contribution is 14.0. The predicted octanol–water partition coefficient (Wildman–Crippen LogP) is 3.55. The van der Waals surface area contributed by atoms with Crippen LogP contribution in [-0.4, -0.2) is 31.8 Å². The Morgan fingerprint density at radius 2 is 1.74 bits per heavy atom. The third-order valence-corrected chi connectivity index (χ3v) is 2.77. The molecule has 0 saturated carbocycles. The molecule has 0 aliphatic heterocycles. The Hall–Kier alpha value is -0.210. The SMILES string of the molecule is CN=C(NCCCCC(F)(F)F)NC(C)C(C)C.I. The highest BCUT2D eigenvalue weighted by Crippen LogP contribution is 2.21. The summed E-state index contributed by atoms with van der Waals surface area (Å²) in [5, 5.41) is 6.20. The van der Waals surface area contributed by atoms with Crippen LogP contribution in [0.15, 0.2) is 4.99 Å². The Balaban J connectivity index is 0. The first kappa shape index (κ1) is 21.1. The first-order valence-electron chi connectivity index (χ1n) is 6.30. The standard InChI is InChI=1S/C12H24F3N3.HI/c1-9(2)10(3)18-11(16-4)17-8-6-5-7-12(13,14)15;/h9-10H,5-8H2,1-4H3,(H2,16,17,18);1H. The third-order valence-electron chi connectivity index (χ3n) is 2.77. The number of guanidine groups is 1. The van der Waals surface area contributed by atoms with Gasteiger partial charge in [0.15, 0.2) is 5.96 Å². The van der Waals surface area contributed by atoms with Gasteiger partial charge in [0.25, 0.3) is 0 Å². The van der Waals surface area contributed by atoms with Crippen LogP contribution >= 0.6 is 24.0 Å². The van der Waals surface area contributed by atoms with E-state index >= 15 is 0 Å². The molecule has 19 heavy (non-hydrogen) atoms. The van der Waals surface area contributed by atoms with Gasteiger partial charge in [-0.25, -0.2) is 0 Å². The first-order valence-corrected chi connectivity index (χ1v) is 6.30. The van der Waals surface area contributed by atoms with Gasteiger partial charge in [0.2, 0.25) is 0 Å². The zero-order valence-corrected chi connectivity index (χ0v) is 14.3. The smallest absolute Gasteiger partial charge is 0.356 e. The second-order valence-electron chi connectivity index (χ2n) is 4.75. The highest BCUT2D eigenvalue weighted by atomic mass is 127. The molecule has 0 spiro atoms. The Morgan fingerprint density at radius 3 is 2.16 bits per heavy atom. The van der Waals surface area contributed by atoms with Crippen molar-refractivity contribution in [2.75, 3.05) is 13.6 Å². The molecule has 116 valence electrons. The fourth-order valence-corrected chi connectivity index (χ4v) is 1.23. The quantitative estimate of drug-likeness (QED) is 0.312. The van der Waals surface area contributed by atoms with Crippen molar-refractivity contribution in [3.8, 4) is 0 Å². The summed E-state index contributed by atoms with van der Waals surface area (Å²) in [5.74, 6) is 1.11. The van der Waals surface area contributed by atoms with Gasteiger partial charge >= 0.3 is 6.18 Å². The van der Waals surface area contributed by atoms with Crippen molar-refractivity contribution in [3.63, 3.8) is 0 Å². The van der Waals surface area contributed by atoms with Gasteiger partial charge in [-0.3, -0.25) is 4.99 Å². The maximum atomic E-state index is 11.9. The van der Waals surface area contributed by atoms with E-state index in [2.05, 4.69) is 29.5 Å². The number of rotatable bonds is 6. The molecule has 0 saturated heterocycles. The summed E-state index contributed by atoms with van der Waals surface area (Å²) in [4.78, 5) is 4.03. The van der Waals surface area contributed by atoms with E-state index in [1.54, 1.807) is 7.05 Å². The Kier molecular flexibility index (Phi) is 11.7. The highest BCUT2D eigenvalue weighted by Gasteiger charge is 2.25. The van der Waals surface area contributed by atoms with Crippen LogP contribution in [0.1, 0.15) is 40.0 Å². The molecule has 7 heteroatoms. The van der Waals surface area contributed by atoms with Crippen molar-refractivity contribution < 1.29 is 13.2 Å². The van der Waals surface area contributed by atoms with E-state index in [0.717, 1.165) is 0 Å². The zero-order valence-electron chi connectivity index (χ0n) is 12.0. The van der Waals surface area contributed by atoms with E-state index in [0.29, 0.717) is 24.8 Å². The number of aliphatic imine (C=N–C) groups is 1. The molecular formula is C12H25F3IN3. The molecule has 0 radical (unpaired) electrons. The van der Waals surface area contributed by atoms with Crippen molar-refractivity contribution in [1.82, 2.24) is 10.6 Å². The lowest BCUT2D eigenvalue weighted by molar-refractivity contribution is -0.135. The van der Waals surface area contributed by atoms with Crippen molar-refractivity contribution in [3.05, 3.63) is 0 Å². The summed E-state index contributed by atoms with van der Waals surface area (Å²) in [6.07, 6.45) is -4.14. The molecule has 0 aromatic carbocycles. The van der Waals surface area contributed by atoms with Crippen LogP contribution in [0.3, 0.4) is 0 Å². The van der Waals surface area contributed by atoms with E-state index in [-0.39, 0.29) is 36.4 Å². The van der Waals surface area contributed by atoms with Crippen molar-refractivity contribution in [2.24, 2.45) is 10.9 Å². The molecule has 0 fully saturated rings. The van der Waals surface area contributed by atoms with E-state index in [4.69, 9.17) is 0 Å². The molecule has 2 N–H and O–H groups in total. The van der Waals surface area contributed by atoms with Gasteiger partial charge in [0.05, 0.1) is 0 Å².